The van der Waals surface area contributed by atoms with Crippen molar-refractivity contribution in [2.24, 2.45) is 0 Å². The maximum atomic E-state index is 12.4. The summed E-state index contributed by atoms with van der Waals surface area (Å²) in [4.78, 5) is 26.0. The highest BCUT2D eigenvalue weighted by Crippen LogP contribution is 2.15. The van der Waals surface area contributed by atoms with Gasteiger partial charge in [-0.05, 0) is 62.2 Å². The Bertz CT molecular complexity index is 772. The zero-order chi connectivity index (χ0) is 16.4. The number of benzene rings is 1. The van der Waals surface area contributed by atoms with E-state index >= 15 is 0 Å². The number of carbonyl (C=O) groups is 1. The Balaban J connectivity index is 1.89. The van der Waals surface area contributed by atoms with Crippen LogP contribution in [0.5, 0.6) is 0 Å². The first-order chi connectivity index (χ1) is 11.1. The number of aromatic nitrogens is 1. The summed E-state index contributed by atoms with van der Waals surface area (Å²) in [5.74, 6) is -1.19. The van der Waals surface area contributed by atoms with Gasteiger partial charge in [-0.3, -0.25) is 14.3 Å². The number of rotatable bonds is 4. The number of pyridine rings is 1. The van der Waals surface area contributed by atoms with Gasteiger partial charge in [0.05, 0.1) is 0 Å². The standard InChI is InChI=1S/C18H20N2O3/c1-13-8-11-20(17(21)16(13)18(22)23)15-6-4-14(5-7-15)12-19-9-2-3-10-19/h4-8,11H,2-3,9-10,12H2,1H3,(H,22,23). The monoisotopic (exact) mass is 312 g/mol. The van der Waals surface area contributed by atoms with Crippen molar-refractivity contribution in [2.45, 2.75) is 26.3 Å². The molecule has 0 spiro atoms. The molecule has 0 aliphatic carbocycles. The third-order valence-corrected chi connectivity index (χ3v) is 4.33. The third kappa shape index (κ3) is 3.19. The van der Waals surface area contributed by atoms with Crippen LogP contribution in [0.4, 0.5) is 0 Å². The first kappa shape index (κ1) is 15.5. The highest BCUT2D eigenvalue weighted by molar-refractivity contribution is 5.88. The Kier molecular flexibility index (Phi) is 4.30. The molecule has 5 nitrogen and oxygen atoms in total. The van der Waals surface area contributed by atoms with Gasteiger partial charge >= 0.3 is 5.97 Å². The molecular weight excluding hydrogens is 292 g/mol. The molecule has 2 aromatic rings. The van der Waals surface area contributed by atoms with Gasteiger partial charge in [-0.15, -0.1) is 0 Å². The predicted molar refractivity (Wildman–Crippen MR) is 88.2 cm³/mol. The lowest BCUT2D eigenvalue weighted by atomic mass is 10.1. The summed E-state index contributed by atoms with van der Waals surface area (Å²) in [6.45, 7) is 4.83. The number of likely N-dealkylation sites (tertiary alicyclic amines) is 1. The summed E-state index contributed by atoms with van der Waals surface area (Å²) >= 11 is 0. The number of hydrogen-bond donors (Lipinski definition) is 1. The Labute approximate surface area is 134 Å². The second-order valence-corrected chi connectivity index (χ2v) is 6.00. The average Bonchev–Trinajstić information content (AvgIpc) is 3.01. The van der Waals surface area contributed by atoms with E-state index in [1.807, 2.05) is 24.3 Å². The molecule has 0 unspecified atom stereocenters. The first-order valence-electron chi connectivity index (χ1n) is 7.83. The molecule has 2 heterocycles. The summed E-state index contributed by atoms with van der Waals surface area (Å²) in [6, 6.07) is 9.39. The molecule has 23 heavy (non-hydrogen) atoms. The maximum absolute atomic E-state index is 12.4. The van der Waals surface area contributed by atoms with Crippen LogP contribution in [0.1, 0.15) is 34.3 Å². The summed E-state index contributed by atoms with van der Waals surface area (Å²) in [5, 5.41) is 9.20. The molecule has 1 aromatic heterocycles. The van der Waals surface area contributed by atoms with Gasteiger partial charge in [-0.25, -0.2) is 4.79 Å². The lowest BCUT2D eigenvalue weighted by molar-refractivity contribution is 0.0694. The van der Waals surface area contributed by atoms with Crippen LogP contribution in [0, 0.1) is 6.92 Å². The number of carboxylic acid groups (broad SMARTS) is 1. The van der Waals surface area contributed by atoms with Crippen LogP contribution >= 0.6 is 0 Å². The van der Waals surface area contributed by atoms with E-state index in [0.717, 1.165) is 19.6 Å². The van der Waals surface area contributed by atoms with Gasteiger partial charge in [-0.1, -0.05) is 12.1 Å². The highest BCUT2D eigenvalue weighted by Gasteiger charge is 2.15. The number of aryl methyl sites for hydroxylation is 1. The van der Waals surface area contributed by atoms with Crippen LogP contribution in [-0.4, -0.2) is 33.6 Å². The van der Waals surface area contributed by atoms with Crippen molar-refractivity contribution in [3.05, 3.63) is 63.6 Å². The predicted octanol–water partition coefficient (Wildman–Crippen LogP) is 2.44. The molecule has 120 valence electrons. The Hall–Kier alpha value is -2.40. The fraction of sp³-hybridized carbons (Fsp3) is 0.333. The van der Waals surface area contributed by atoms with Gasteiger partial charge in [0.2, 0.25) is 0 Å². The first-order valence-corrected chi connectivity index (χ1v) is 7.83. The number of carboxylic acids is 1. The minimum atomic E-state index is -1.19. The van der Waals surface area contributed by atoms with Gasteiger partial charge in [-0.2, -0.15) is 0 Å². The number of aromatic carboxylic acids is 1. The molecular formula is C18H20N2O3. The van der Waals surface area contributed by atoms with Crippen molar-refractivity contribution in [2.75, 3.05) is 13.1 Å². The molecule has 0 amide bonds. The van der Waals surface area contributed by atoms with E-state index in [1.165, 1.54) is 23.0 Å². The number of hydrogen-bond acceptors (Lipinski definition) is 3. The zero-order valence-electron chi connectivity index (χ0n) is 13.2. The van der Waals surface area contributed by atoms with Crippen molar-refractivity contribution in [3.63, 3.8) is 0 Å². The highest BCUT2D eigenvalue weighted by atomic mass is 16.4. The number of nitrogens with zero attached hydrogens (tertiary/aromatic N) is 2. The fourth-order valence-electron chi connectivity index (χ4n) is 3.05. The quantitative estimate of drug-likeness (QED) is 0.942. The molecule has 3 rings (SSSR count). The van der Waals surface area contributed by atoms with Crippen LogP contribution in [-0.2, 0) is 6.54 Å². The van der Waals surface area contributed by atoms with E-state index in [1.54, 1.807) is 19.2 Å². The SMILES string of the molecule is Cc1ccn(-c2ccc(CN3CCCC3)cc2)c(=O)c1C(=O)O. The summed E-state index contributed by atoms with van der Waals surface area (Å²) in [5.41, 5.74) is 1.69. The fourth-order valence-corrected chi connectivity index (χ4v) is 3.05. The molecule has 5 heteroatoms. The van der Waals surface area contributed by atoms with E-state index in [-0.39, 0.29) is 5.56 Å². The molecule has 1 N–H and O–H groups in total. The van der Waals surface area contributed by atoms with Crippen LogP contribution in [0.3, 0.4) is 0 Å². The molecule has 1 fully saturated rings. The van der Waals surface area contributed by atoms with E-state index in [2.05, 4.69) is 4.90 Å². The van der Waals surface area contributed by atoms with Gasteiger partial charge in [0.15, 0.2) is 0 Å². The average molecular weight is 312 g/mol. The van der Waals surface area contributed by atoms with Crippen LogP contribution in [0.25, 0.3) is 5.69 Å². The van der Waals surface area contributed by atoms with E-state index in [4.69, 9.17) is 0 Å². The molecule has 0 saturated carbocycles. The molecule has 0 atom stereocenters. The second-order valence-electron chi connectivity index (χ2n) is 6.00. The molecule has 1 aromatic carbocycles. The Morgan fingerprint density at radius 2 is 1.78 bits per heavy atom. The van der Waals surface area contributed by atoms with Crippen molar-refractivity contribution < 1.29 is 9.90 Å². The third-order valence-electron chi connectivity index (χ3n) is 4.33. The minimum Gasteiger partial charge on any atom is -0.477 e. The molecule has 1 aliphatic heterocycles. The summed E-state index contributed by atoms with van der Waals surface area (Å²) < 4.78 is 1.39. The van der Waals surface area contributed by atoms with E-state index in [9.17, 15) is 14.7 Å². The van der Waals surface area contributed by atoms with Crippen molar-refractivity contribution in [1.29, 1.82) is 0 Å². The zero-order valence-corrected chi connectivity index (χ0v) is 13.2. The van der Waals surface area contributed by atoms with E-state index in [0.29, 0.717) is 11.3 Å². The van der Waals surface area contributed by atoms with Gasteiger partial charge in [0, 0.05) is 18.4 Å². The van der Waals surface area contributed by atoms with Gasteiger partial charge in [0.25, 0.3) is 5.56 Å². The Morgan fingerprint density at radius 1 is 1.13 bits per heavy atom. The smallest absolute Gasteiger partial charge is 0.341 e. The molecule has 1 aliphatic rings. The van der Waals surface area contributed by atoms with E-state index < -0.39 is 11.5 Å². The van der Waals surface area contributed by atoms with Crippen LogP contribution < -0.4 is 5.56 Å². The topological polar surface area (TPSA) is 62.5 Å². The second kappa shape index (κ2) is 6.38. The largest absolute Gasteiger partial charge is 0.477 e. The molecule has 0 bridgehead atoms. The summed E-state index contributed by atoms with van der Waals surface area (Å²) in [7, 11) is 0. The van der Waals surface area contributed by atoms with Crippen molar-refractivity contribution in [3.8, 4) is 5.69 Å². The van der Waals surface area contributed by atoms with Gasteiger partial charge in [0.1, 0.15) is 5.56 Å². The van der Waals surface area contributed by atoms with Crippen molar-refractivity contribution >= 4 is 5.97 Å². The van der Waals surface area contributed by atoms with Crippen molar-refractivity contribution in [1.82, 2.24) is 9.47 Å². The normalized spacial score (nSPS) is 15.0. The lowest BCUT2D eigenvalue weighted by Gasteiger charge is -2.15. The van der Waals surface area contributed by atoms with Crippen LogP contribution in [0.15, 0.2) is 41.3 Å². The lowest BCUT2D eigenvalue weighted by Crippen LogP contribution is -2.26. The molecule has 1 saturated heterocycles. The maximum Gasteiger partial charge on any atom is 0.341 e. The molecule has 0 radical (unpaired) electrons. The van der Waals surface area contributed by atoms with Gasteiger partial charge < -0.3 is 5.11 Å². The minimum absolute atomic E-state index is 0.173. The Morgan fingerprint density at radius 3 is 2.39 bits per heavy atom. The summed E-state index contributed by atoms with van der Waals surface area (Å²) in [6.07, 6.45) is 4.14. The van der Waals surface area contributed by atoms with Crippen LogP contribution in [0.2, 0.25) is 0 Å².